The van der Waals surface area contributed by atoms with Crippen LogP contribution in [0.5, 0.6) is 0 Å². The van der Waals surface area contributed by atoms with Gasteiger partial charge in [0.15, 0.2) is 6.10 Å². The second-order valence-electron chi connectivity index (χ2n) is 5.92. The van der Waals surface area contributed by atoms with Gasteiger partial charge in [0.05, 0.1) is 0 Å². The molecule has 2 amide bonds. The molecule has 2 aliphatic heterocycles. The first-order chi connectivity index (χ1) is 11.5. The number of carbonyl (C=O) groups excluding carboxylic acids is 3. The minimum Gasteiger partial charge on any atom is -0.448 e. The molecule has 0 fully saturated rings. The second-order valence-corrected chi connectivity index (χ2v) is 5.92. The van der Waals surface area contributed by atoms with E-state index in [-0.39, 0.29) is 30.4 Å². The van der Waals surface area contributed by atoms with Crippen molar-refractivity contribution in [2.45, 2.75) is 38.8 Å². The maximum atomic E-state index is 12.5. The van der Waals surface area contributed by atoms with E-state index in [1.807, 2.05) is 18.2 Å². The molecular weight excluding hydrogens is 310 g/mol. The van der Waals surface area contributed by atoms with E-state index in [1.165, 1.54) is 5.56 Å². The number of fused-ring (bicyclic) bond motifs is 1. The third-order valence-corrected chi connectivity index (χ3v) is 4.21. The number of hydrazone groups is 1. The maximum Gasteiger partial charge on any atom is 0.355 e. The Morgan fingerprint density at radius 1 is 1.21 bits per heavy atom. The monoisotopic (exact) mass is 329 g/mol. The molecule has 0 saturated carbocycles. The fourth-order valence-electron chi connectivity index (χ4n) is 2.84. The lowest BCUT2D eigenvalue weighted by Gasteiger charge is -2.30. The van der Waals surface area contributed by atoms with Crippen LogP contribution in [0.4, 0.5) is 0 Å². The summed E-state index contributed by atoms with van der Waals surface area (Å²) in [6, 6.07) is 8.01. The third-order valence-electron chi connectivity index (χ3n) is 4.21. The molecule has 2 aliphatic rings. The van der Waals surface area contributed by atoms with Gasteiger partial charge in [0.25, 0.3) is 5.91 Å². The van der Waals surface area contributed by atoms with Crippen LogP contribution in [0, 0.1) is 0 Å². The normalized spacial score (nSPS) is 18.1. The molecule has 0 bridgehead atoms. The molecule has 1 atom stereocenters. The largest absolute Gasteiger partial charge is 0.448 e. The van der Waals surface area contributed by atoms with Crippen molar-refractivity contribution in [2.75, 3.05) is 6.54 Å². The molecule has 0 aliphatic carbocycles. The zero-order chi connectivity index (χ0) is 17.1. The standard InChI is InChI=1S/C17H19N3O4/c1-11(24-17(23)14-6-7-15(21)19-18-14)16(22)20-9-8-12-4-2-3-5-13(12)10-20/h2-5,11H,6-10H2,1H3,(H,19,21)/t11-/m1/s1. The van der Waals surface area contributed by atoms with E-state index in [0.29, 0.717) is 13.1 Å². The maximum absolute atomic E-state index is 12.5. The molecule has 1 aromatic carbocycles. The van der Waals surface area contributed by atoms with Crippen molar-refractivity contribution in [3.8, 4) is 0 Å². The highest BCUT2D eigenvalue weighted by molar-refractivity contribution is 6.37. The van der Waals surface area contributed by atoms with E-state index < -0.39 is 12.1 Å². The second kappa shape index (κ2) is 6.82. The number of nitrogens with one attached hydrogen (secondary N) is 1. The van der Waals surface area contributed by atoms with Gasteiger partial charge in [0, 0.05) is 25.9 Å². The Morgan fingerprint density at radius 3 is 2.67 bits per heavy atom. The molecular formula is C17H19N3O4. The fraction of sp³-hybridized carbons (Fsp3) is 0.412. The average Bonchev–Trinajstić information content (AvgIpc) is 2.61. The summed E-state index contributed by atoms with van der Waals surface area (Å²) in [7, 11) is 0. The van der Waals surface area contributed by atoms with Gasteiger partial charge in [-0.1, -0.05) is 24.3 Å². The van der Waals surface area contributed by atoms with Crippen LogP contribution in [0.15, 0.2) is 29.4 Å². The Labute approximate surface area is 139 Å². The van der Waals surface area contributed by atoms with E-state index in [9.17, 15) is 14.4 Å². The highest BCUT2D eigenvalue weighted by Crippen LogP contribution is 2.19. The summed E-state index contributed by atoms with van der Waals surface area (Å²) >= 11 is 0. The predicted octanol–water partition coefficient (Wildman–Crippen LogP) is 0.769. The molecule has 1 N–H and O–H groups in total. The lowest BCUT2D eigenvalue weighted by Crippen LogP contribution is -2.43. The van der Waals surface area contributed by atoms with Crippen molar-refractivity contribution in [2.24, 2.45) is 5.10 Å². The zero-order valence-corrected chi connectivity index (χ0v) is 13.4. The number of amides is 2. The van der Waals surface area contributed by atoms with Crippen molar-refractivity contribution < 1.29 is 19.1 Å². The van der Waals surface area contributed by atoms with Crippen LogP contribution in [-0.2, 0) is 32.1 Å². The highest BCUT2D eigenvalue weighted by atomic mass is 16.5. The molecule has 1 aromatic rings. The molecule has 2 heterocycles. The van der Waals surface area contributed by atoms with Crippen LogP contribution >= 0.6 is 0 Å². The topological polar surface area (TPSA) is 88.1 Å². The van der Waals surface area contributed by atoms with Crippen molar-refractivity contribution in [1.29, 1.82) is 0 Å². The number of rotatable bonds is 3. The fourth-order valence-corrected chi connectivity index (χ4v) is 2.84. The van der Waals surface area contributed by atoms with Crippen molar-refractivity contribution >= 4 is 23.5 Å². The number of esters is 1. The summed E-state index contributed by atoms with van der Waals surface area (Å²) in [6.07, 6.45) is 0.325. The summed E-state index contributed by atoms with van der Waals surface area (Å²) in [6.45, 7) is 2.69. The number of nitrogens with zero attached hydrogens (tertiary/aromatic N) is 2. The SMILES string of the molecule is C[C@@H](OC(=O)C1=NNC(=O)CC1)C(=O)N1CCc2ccccc2C1. The average molecular weight is 329 g/mol. The molecule has 24 heavy (non-hydrogen) atoms. The first-order valence-corrected chi connectivity index (χ1v) is 7.96. The molecule has 3 rings (SSSR count). The molecule has 0 spiro atoms. The lowest BCUT2D eigenvalue weighted by atomic mass is 9.99. The first-order valence-electron chi connectivity index (χ1n) is 7.96. The van der Waals surface area contributed by atoms with Gasteiger partial charge < -0.3 is 9.64 Å². The molecule has 0 saturated heterocycles. The van der Waals surface area contributed by atoms with Crippen LogP contribution in [0.2, 0.25) is 0 Å². The molecule has 0 unspecified atom stereocenters. The van der Waals surface area contributed by atoms with E-state index >= 15 is 0 Å². The van der Waals surface area contributed by atoms with Gasteiger partial charge in [-0.2, -0.15) is 5.10 Å². The third kappa shape index (κ3) is 3.45. The van der Waals surface area contributed by atoms with Gasteiger partial charge in [-0.05, 0) is 24.5 Å². The molecule has 7 nitrogen and oxygen atoms in total. The minimum atomic E-state index is -0.886. The van der Waals surface area contributed by atoms with Gasteiger partial charge in [-0.3, -0.25) is 9.59 Å². The Bertz CT molecular complexity index is 714. The van der Waals surface area contributed by atoms with Crippen LogP contribution < -0.4 is 5.43 Å². The van der Waals surface area contributed by atoms with Gasteiger partial charge >= 0.3 is 5.97 Å². The summed E-state index contributed by atoms with van der Waals surface area (Å²) in [4.78, 5) is 37.3. The highest BCUT2D eigenvalue weighted by Gasteiger charge is 2.29. The van der Waals surface area contributed by atoms with Gasteiger partial charge in [0.1, 0.15) is 5.71 Å². The quantitative estimate of drug-likeness (QED) is 0.830. The summed E-state index contributed by atoms with van der Waals surface area (Å²) in [5.74, 6) is -1.12. The van der Waals surface area contributed by atoms with Crippen molar-refractivity contribution in [3.05, 3.63) is 35.4 Å². The zero-order valence-electron chi connectivity index (χ0n) is 13.4. The summed E-state index contributed by atoms with van der Waals surface area (Å²) in [5, 5.41) is 3.68. The number of benzene rings is 1. The molecule has 0 aromatic heterocycles. The van der Waals surface area contributed by atoms with E-state index in [0.717, 1.165) is 12.0 Å². The van der Waals surface area contributed by atoms with E-state index in [1.54, 1.807) is 11.8 Å². The number of hydrogen-bond acceptors (Lipinski definition) is 5. The van der Waals surface area contributed by atoms with Gasteiger partial charge in [-0.15, -0.1) is 0 Å². The molecule has 7 heteroatoms. The minimum absolute atomic E-state index is 0.137. The van der Waals surface area contributed by atoms with Crippen LogP contribution in [0.25, 0.3) is 0 Å². The Balaban J connectivity index is 1.59. The summed E-state index contributed by atoms with van der Waals surface area (Å²) in [5.41, 5.74) is 4.75. The van der Waals surface area contributed by atoms with Crippen LogP contribution in [-0.4, -0.2) is 41.0 Å². The van der Waals surface area contributed by atoms with E-state index in [4.69, 9.17) is 4.74 Å². The first kappa shape index (κ1) is 16.2. The Kier molecular flexibility index (Phi) is 4.59. The van der Waals surface area contributed by atoms with Crippen LogP contribution in [0.3, 0.4) is 0 Å². The molecule has 0 radical (unpaired) electrons. The number of ether oxygens (including phenoxy) is 1. The van der Waals surface area contributed by atoms with Crippen molar-refractivity contribution in [1.82, 2.24) is 10.3 Å². The van der Waals surface area contributed by atoms with Crippen molar-refractivity contribution in [3.63, 3.8) is 0 Å². The lowest BCUT2D eigenvalue weighted by molar-refractivity contribution is -0.154. The Hall–Kier alpha value is -2.70. The van der Waals surface area contributed by atoms with Crippen LogP contribution in [0.1, 0.15) is 30.9 Å². The van der Waals surface area contributed by atoms with E-state index in [2.05, 4.69) is 16.6 Å². The number of carbonyl (C=O) groups is 3. The van der Waals surface area contributed by atoms with Gasteiger partial charge in [-0.25, -0.2) is 10.2 Å². The molecule has 126 valence electrons. The predicted molar refractivity (Wildman–Crippen MR) is 85.9 cm³/mol. The summed E-state index contributed by atoms with van der Waals surface area (Å²) < 4.78 is 5.22. The smallest absolute Gasteiger partial charge is 0.355 e. The Morgan fingerprint density at radius 2 is 1.96 bits per heavy atom. The van der Waals surface area contributed by atoms with Gasteiger partial charge in [0.2, 0.25) is 5.91 Å². The number of hydrogen-bond donors (Lipinski definition) is 1.